The second-order valence-corrected chi connectivity index (χ2v) is 4.84. The van der Waals surface area contributed by atoms with Crippen molar-refractivity contribution in [2.45, 2.75) is 18.2 Å². The first kappa shape index (κ1) is 12.1. The minimum absolute atomic E-state index is 0.125. The van der Waals surface area contributed by atoms with Crippen LogP contribution in [0.15, 0.2) is 18.2 Å². The van der Waals surface area contributed by atoms with Gasteiger partial charge in [0.2, 0.25) is 0 Å². The van der Waals surface area contributed by atoms with Crippen LogP contribution in [0.1, 0.15) is 12.5 Å². The Labute approximate surface area is 98.0 Å². The minimum atomic E-state index is -0.418. The topological polar surface area (TPSA) is 0 Å². The van der Waals surface area contributed by atoms with Crippen molar-refractivity contribution in [2.75, 3.05) is 0 Å². The predicted octanol–water partition coefficient (Wildman–Crippen LogP) is 4.46. The molecule has 0 spiro atoms. The summed E-state index contributed by atoms with van der Waals surface area (Å²) in [6, 6.07) is 4.64. The number of alkyl halides is 2. The van der Waals surface area contributed by atoms with Crippen molar-refractivity contribution in [3.63, 3.8) is 0 Å². The Kier molecular flexibility index (Phi) is 4.49. The standard InChI is InChI=1S/C10H10Cl3F/c1-6(10(12)13)4-7-2-3-9(14)8(11)5-7/h2-3,5-6,10H,4H2,1H3. The highest BCUT2D eigenvalue weighted by Crippen LogP contribution is 2.22. The summed E-state index contributed by atoms with van der Waals surface area (Å²) in [6.07, 6.45) is 0.692. The molecule has 0 saturated heterocycles. The summed E-state index contributed by atoms with van der Waals surface area (Å²) in [5.74, 6) is -0.281. The molecule has 1 rings (SSSR count). The van der Waals surface area contributed by atoms with Gasteiger partial charge in [-0.05, 0) is 30.0 Å². The Morgan fingerprint density at radius 3 is 2.50 bits per heavy atom. The molecule has 0 aliphatic carbocycles. The molecule has 0 heterocycles. The lowest BCUT2D eigenvalue weighted by Gasteiger charge is -2.12. The van der Waals surface area contributed by atoms with Crippen molar-refractivity contribution < 1.29 is 4.39 Å². The fourth-order valence-electron chi connectivity index (χ4n) is 1.13. The molecule has 0 aliphatic rings. The third-order valence-electron chi connectivity index (χ3n) is 1.97. The lowest BCUT2D eigenvalue weighted by molar-refractivity contribution is 0.613. The van der Waals surface area contributed by atoms with Crippen LogP contribution in [-0.4, -0.2) is 4.84 Å². The quantitative estimate of drug-likeness (QED) is 0.700. The fourth-order valence-corrected chi connectivity index (χ4v) is 1.51. The summed E-state index contributed by atoms with van der Waals surface area (Å²) in [5.41, 5.74) is 0.940. The van der Waals surface area contributed by atoms with Crippen LogP contribution in [0.3, 0.4) is 0 Å². The van der Waals surface area contributed by atoms with Gasteiger partial charge in [-0.25, -0.2) is 4.39 Å². The molecule has 1 atom stereocenters. The van der Waals surface area contributed by atoms with Crippen molar-refractivity contribution in [3.05, 3.63) is 34.6 Å². The van der Waals surface area contributed by atoms with Crippen molar-refractivity contribution in [1.82, 2.24) is 0 Å². The van der Waals surface area contributed by atoms with Gasteiger partial charge in [-0.15, -0.1) is 23.2 Å². The smallest absolute Gasteiger partial charge is 0.141 e. The fraction of sp³-hybridized carbons (Fsp3) is 0.400. The summed E-state index contributed by atoms with van der Waals surface area (Å²) < 4.78 is 12.8. The highest BCUT2D eigenvalue weighted by Gasteiger charge is 2.12. The Balaban J connectivity index is 2.73. The van der Waals surface area contributed by atoms with Gasteiger partial charge in [0.1, 0.15) is 10.7 Å². The van der Waals surface area contributed by atoms with Crippen LogP contribution in [-0.2, 0) is 6.42 Å². The van der Waals surface area contributed by atoms with Gasteiger partial charge in [0.05, 0.1) is 5.02 Å². The lowest BCUT2D eigenvalue weighted by atomic mass is 10.0. The van der Waals surface area contributed by atoms with Crippen molar-refractivity contribution >= 4 is 34.8 Å². The summed E-state index contributed by atoms with van der Waals surface area (Å²) in [5, 5.41) is 0.135. The molecule has 0 aromatic heterocycles. The third kappa shape index (κ3) is 3.30. The second kappa shape index (κ2) is 5.20. The van der Waals surface area contributed by atoms with Crippen molar-refractivity contribution in [1.29, 1.82) is 0 Å². The van der Waals surface area contributed by atoms with Gasteiger partial charge in [-0.3, -0.25) is 0 Å². The van der Waals surface area contributed by atoms with E-state index in [1.165, 1.54) is 6.07 Å². The highest BCUT2D eigenvalue weighted by molar-refractivity contribution is 6.44. The average molecular weight is 256 g/mol. The molecule has 4 heteroatoms. The average Bonchev–Trinajstić information content (AvgIpc) is 2.11. The Hall–Kier alpha value is 0.0200. The van der Waals surface area contributed by atoms with Gasteiger partial charge < -0.3 is 0 Å². The zero-order valence-electron chi connectivity index (χ0n) is 7.61. The van der Waals surface area contributed by atoms with Gasteiger partial charge in [0.15, 0.2) is 0 Å². The van der Waals surface area contributed by atoms with Crippen LogP contribution in [0, 0.1) is 11.7 Å². The van der Waals surface area contributed by atoms with E-state index < -0.39 is 10.7 Å². The van der Waals surface area contributed by atoms with E-state index in [0.717, 1.165) is 5.56 Å². The van der Waals surface area contributed by atoms with E-state index in [1.54, 1.807) is 12.1 Å². The predicted molar refractivity (Wildman–Crippen MR) is 59.8 cm³/mol. The zero-order chi connectivity index (χ0) is 10.7. The normalized spacial score (nSPS) is 13.3. The first-order valence-electron chi connectivity index (χ1n) is 4.22. The van der Waals surface area contributed by atoms with E-state index in [9.17, 15) is 4.39 Å². The number of hydrogen-bond donors (Lipinski definition) is 0. The molecule has 0 bridgehead atoms. The monoisotopic (exact) mass is 254 g/mol. The maximum atomic E-state index is 12.8. The van der Waals surface area contributed by atoms with Crippen LogP contribution in [0.4, 0.5) is 4.39 Å². The SMILES string of the molecule is CC(Cc1ccc(F)c(Cl)c1)C(Cl)Cl. The first-order chi connectivity index (χ1) is 6.50. The number of hydrogen-bond acceptors (Lipinski definition) is 0. The van der Waals surface area contributed by atoms with Crippen LogP contribution in [0.2, 0.25) is 5.02 Å². The number of benzene rings is 1. The maximum Gasteiger partial charge on any atom is 0.141 e. The van der Waals surface area contributed by atoms with E-state index in [-0.39, 0.29) is 10.9 Å². The summed E-state index contributed by atoms with van der Waals surface area (Å²) in [7, 11) is 0. The molecule has 0 nitrogen and oxygen atoms in total. The molecule has 0 radical (unpaired) electrons. The molecule has 0 saturated carbocycles. The molecule has 0 fully saturated rings. The molecule has 14 heavy (non-hydrogen) atoms. The molecule has 0 aliphatic heterocycles. The Bertz CT molecular complexity index is 312. The molecule has 0 amide bonds. The minimum Gasteiger partial charge on any atom is -0.205 e. The van der Waals surface area contributed by atoms with Crippen molar-refractivity contribution in [2.24, 2.45) is 5.92 Å². The third-order valence-corrected chi connectivity index (χ3v) is 3.12. The number of halogens is 4. The maximum absolute atomic E-state index is 12.8. The van der Waals surface area contributed by atoms with Gasteiger partial charge in [-0.1, -0.05) is 24.6 Å². The van der Waals surface area contributed by atoms with Crippen LogP contribution in [0.5, 0.6) is 0 Å². The van der Waals surface area contributed by atoms with E-state index in [2.05, 4.69) is 0 Å². The van der Waals surface area contributed by atoms with E-state index in [1.807, 2.05) is 6.92 Å². The molecule has 1 unspecified atom stereocenters. The number of rotatable bonds is 3. The first-order valence-corrected chi connectivity index (χ1v) is 5.48. The molecule has 78 valence electrons. The summed E-state index contributed by atoms with van der Waals surface area (Å²) in [4.78, 5) is -0.418. The van der Waals surface area contributed by atoms with Crippen LogP contribution in [0.25, 0.3) is 0 Å². The van der Waals surface area contributed by atoms with E-state index >= 15 is 0 Å². The summed E-state index contributed by atoms with van der Waals surface area (Å²) >= 11 is 17.1. The van der Waals surface area contributed by atoms with Crippen LogP contribution < -0.4 is 0 Å². The molecule has 1 aromatic rings. The van der Waals surface area contributed by atoms with Gasteiger partial charge in [-0.2, -0.15) is 0 Å². The van der Waals surface area contributed by atoms with E-state index in [4.69, 9.17) is 34.8 Å². The van der Waals surface area contributed by atoms with E-state index in [0.29, 0.717) is 6.42 Å². The van der Waals surface area contributed by atoms with Crippen molar-refractivity contribution in [3.8, 4) is 0 Å². The van der Waals surface area contributed by atoms with Gasteiger partial charge >= 0.3 is 0 Å². The molecular formula is C10H10Cl3F. The van der Waals surface area contributed by atoms with Gasteiger partial charge in [0, 0.05) is 0 Å². The largest absolute Gasteiger partial charge is 0.205 e. The zero-order valence-corrected chi connectivity index (χ0v) is 9.87. The molecule has 0 N–H and O–H groups in total. The lowest BCUT2D eigenvalue weighted by Crippen LogP contribution is -2.07. The van der Waals surface area contributed by atoms with Gasteiger partial charge in [0.25, 0.3) is 0 Å². The van der Waals surface area contributed by atoms with Crippen LogP contribution >= 0.6 is 34.8 Å². The summed E-state index contributed by atoms with van der Waals surface area (Å²) in [6.45, 7) is 1.93. The molecule has 1 aromatic carbocycles. The Morgan fingerprint density at radius 1 is 1.36 bits per heavy atom. The second-order valence-electron chi connectivity index (χ2n) is 3.26. The highest BCUT2D eigenvalue weighted by atomic mass is 35.5. The molecular weight excluding hydrogens is 245 g/mol. The Morgan fingerprint density at radius 2 is 2.00 bits per heavy atom.